The lowest BCUT2D eigenvalue weighted by molar-refractivity contribution is 0.0940. The summed E-state index contributed by atoms with van der Waals surface area (Å²) in [5, 5.41) is 11.2. The van der Waals surface area contributed by atoms with Crippen LogP contribution in [-0.4, -0.2) is 57.1 Å². The fourth-order valence-corrected chi connectivity index (χ4v) is 5.29. The molecule has 40 heavy (non-hydrogen) atoms. The quantitative estimate of drug-likeness (QED) is 0.276. The first-order valence-corrected chi connectivity index (χ1v) is 15.6. The molecule has 0 aliphatic carbocycles. The van der Waals surface area contributed by atoms with Gasteiger partial charge in [-0.3, -0.25) is 9.10 Å². The number of hydrogen-bond donors (Lipinski definition) is 1. The summed E-state index contributed by atoms with van der Waals surface area (Å²) in [5.74, 6) is -0.836. The van der Waals surface area contributed by atoms with Gasteiger partial charge in [0.15, 0.2) is 0 Å². The maximum atomic E-state index is 13.4. The fraction of sp³-hybridized carbons (Fsp3) is 0.407. The van der Waals surface area contributed by atoms with Crippen molar-refractivity contribution in [2.24, 2.45) is 4.40 Å². The summed E-state index contributed by atoms with van der Waals surface area (Å²) in [4.78, 5) is 13.3. The molecule has 1 heterocycles. The first-order chi connectivity index (χ1) is 18.6. The van der Waals surface area contributed by atoms with E-state index >= 15 is 0 Å². The number of hydrogen-bond acceptors (Lipinski definition) is 7. The second-order valence-corrected chi connectivity index (χ2v) is 14.2. The lowest BCUT2D eigenvalue weighted by atomic mass is 10.1. The van der Waals surface area contributed by atoms with Gasteiger partial charge in [-0.25, -0.2) is 17.5 Å². The van der Waals surface area contributed by atoms with Crippen molar-refractivity contribution >= 4 is 38.7 Å². The molecule has 1 amide bonds. The molecule has 216 valence electrons. The highest BCUT2D eigenvalue weighted by Gasteiger charge is 2.27. The largest absolute Gasteiger partial charge is 0.591 e. The molecule has 1 aromatic heterocycles. The van der Waals surface area contributed by atoms with Gasteiger partial charge in [0, 0.05) is 12.1 Å². The zero-order chi connectivity index (χ0) is 29.8. The topological polar surface area (TPSA) is 133 Å². The Morgan fingerprint density at radius 3 is 2.45 bits per heavy atom. The Hall–Kier alpha value is -3.29. The molecule has 3 rings (SSSR count). The number of nitrogens with one attached hydrogen (secondary N) is 1. The average Bonchev–Trinajstić information content (AvgIpc) is 3.36. The van der Waals surface area contributed by atoms with Crippen LogP contribution in [0.5, 0.6) is 0 Å². The highest BCUT2D eigenvalue weighted by molar-refractivity contribution is 7.92. The molecular formula is C27H35FN6O4S2. The van der Waals surface area contributed by atoms with Crippen LogP contribution in [0.2, 0.25) is 0 Å². The van der Waals surface area contributed by atoms with Gasteiger partial charge >= 0.3 is 0 Å². The number of carbonyl (C=O) groups is 1. The molecule has 0 spiro atoms. The van der Waals surface area contributed by atoms with Crippen LogP contribution >= 0.6 is 0 Å². The molecule has 2 atom stereocenters. The van der Waals surface area contributed by atoms with Gasteiger partial charge in [-0.1, -0.05) is 28.7 Å². The SMILES string of the molecule is CCCN(c1cc(C(=O)N[C@H](C)c2ccc(F)cc2)cc(-n2cc(C(C)=N[S+]([O-])C(C)(C)C)nn2)c1)S(C)(=O)=O. The average molecular weight is 591 g/mol. The van der Waals surface area contributed by atoms with Crippen LogP contribution in [0.3, 0.4) is 0 Å². The molecule has 3 aromatic rings. The predicted molar refractivity (Wildman–Crippen MR) is 156 cm³/mol. The molecule has 0 aliphatic rings. The number of anilines is 1. The van der Waals surface area contributed by atoms with Gasteiger partial charge in [0.2, 0.25) is 10.0 Å². The first-order valence-electron chi connectivity index (χ1n) is 12.7. The van der Waals surface area contributed by atoms with Crippen molar-refractivity contribution < 1.29 is 22.2 Å². The zero-order valence-electron chi connectivity index (χ0n) is 23.7. The third kappa shape index (κ3) is 7.89. The molecule has 0 aliphatic heterocycles. The Balaban J connectivity index is 2.04. The highest BCUT2D eigenvalue weighted by atomic mass is 32.2. The van der Waals surface area contributed by atoms with Gasteiger partial charge in [0.05, 0.1) is 29.9 Å². The Morgan fingerprint density at radius 2 is 1.88 bits per heavy atom. The van der Waals surface area contributed by atoms with Gasteiger partial charge in [0.25, 0.3) is 5.91 Å². The van der Waals surface area contributed by atoms with E-state index in [0.717, 1.165) is 6.26 Å². The fourth-order valence-electron chi connectivity index (χ4n) is 3.67. The van der Waals surface area contributed by atoms with E-state index in [2.05, 4.69) is 20.0 Å². The van der Waals surface area contributed by atoms with Gasteiger partial charge < -0.3 is 9.87 Å². The zero-order valence-corrected chi connectivity index (χ0v) is 25.3. The summed E-state index contributed by atoms with van der Waals surface area (Å²) in [6.07, 6.45) is 3.23. The molecule has 2 aromatic carbocycles. The first kappa shape index (κ1) is 31.2. The number of nitrogens with zero attached hydrogens (tertiary/aromatic N) is 5. The van der Waals surface area contributed by atoms with Crippen LogP contribution in [0.4, 0.5) is 10.1 Å². The Labute approximate surface area is 238 Å². The van der Waals surface area contributed by atoms with Gasteiger partial charge in [-0.05, 0) is 76.9 Å². The van der Waals surface area contributed by atoms with Crippen LogP contribution < -0.4 is 9.62 Å². The van der Waals surface area contributed by atoms with Crippen LogP contribution in [0.15, 0.2) is 53.1 Å². The number of carbonyl (C=O) groups excluding carboxylic acids is 1. The minimum Gasteiger partial charge on any atom is -0.591 e. The summed E-state index contributed by atoms with van der Waals surface area (Å²) in [5.41, 5.74) is 2.39. The van der Waals surface area contributed by atoms with E-state index in [1.54, 1.807) is 44.3 Å². The molecule has 1 N–H and O–H groups in total. The summed E-state index contributed by atoms with van der Waals surface area (Å²) < 4.78 is 57.4. The Bertz CT molecular complexity index is 1480. The number of benzene rings is 2. The predicted octanol–water partition coefficient (Wildman–Crippen LogP) is 4.34. The maximum Gasteiger partial charge on any atom is 0.251 e. The molecule has 0 saturated carbocycles. The number of sulfonamides is 1. The van der Waals surface area contributed by atoms with E-state index in [4.69, 9.17) is 0 Å². The number of halogens is 1. The van der Waals surface area contributed by atoms with Crippen LogP contribution in [0.1, 0.15) is 75.6 Å². The monoisotopic (exact) mass is 590 g/mol. The van der Waals surface area contributed by atoms with Crippen molar-refractivity contribution in [3.05, 3.63) is 71.3 Å². The Kier molecular flexibility index (Phi) is 9.75. The van der Waals surface area contributed by atoms with Crippen molar-refractivity contribution in [3.8, 4) is 5.69 Å². The molecule has 0 bridgehead atoms. The van der Waals surface area contributed by atoms with Crippen LogP contribution in [0, 0.1) is 5.82 Å². The van der Waals surface area contributed by atoms with Crippen LogP contribution in [0.25, 0.3) is 5.69 Å². The maximum absolute atomic E-state index is 13.4. The molecule has 0 saturated heterocycles. The summed E-state index contributed by atoms with van der Waals surface area (Å²) in [6.45, 7) is 11.0. The second-order valence-electron chi connectivity index (χ2n) is 10.4. The molecule has 10 nitrogen and oxygen atoms in total. The lowest BCUT2D eigenvalue weighted by Crippen LogP contribution is -2.31. The molecule has 13 heteroatoms. The van der Waals surface area contributed by atoms with Crippen molar-refractivity contribution in [3.63, 3.8) is 0 Å². The van der Waals surface area contributed by atoms with E-state index in [1.165, 1.54) is 27.2 Å². The smallest absolute Gasteiger partial charge is 0.251 e. The lowest BCUT2D eigenvalue weighted by Gasteiger charge is -2.23. The van der Waals surface area contributed by atoms with E-state index in [-0.39, 0.29) is 23.6 Å². The van der Waals surface area contributed by atoms with Crippen molar-refractivity contribution in [2.45, 2.75) is 58.8 Å². The molecular weight excluding hydrogens is 555 g/mol. The Morgan fingerprint density at radius 1 is 1.23 bits per heavy atom. The number of rotatable bonds is 10. The molecule has 0 radical (unpaired) electrons. The van der Waals surface area contributed by atoms with Crippen molar-refractivity contribution in [1.82, 2.24) is 20.3 Å². The number of amides is 1. The van der Waals surface area contributed by atoms with Crippen molar-refractivity contribution in [2.75, 3.05) is 17.1 Å². The normalized spacial score (nSPS) is 14.1. The molecule has 0 fully saturated rings. The van der Waals surface area contributed by atoms with Crippen molar-refractivity contribution in [1.29, 1.82) is 0 Å². The van der Waals surface area contributed by atoms with Crippen LogP contribution in [-0.2, 0) is 21.4 Å². The van der Waals surface area contributed by atoms with E-state index in [1.807, 2.05) is 27.7 Å². The number of aromatic nitrogens is 3. The second kappa shape index (κ2) is 12.5. The highest BCUT2D eigenvalue weighted by Crippen LogP contribution is 2.25. The minimum absolute atomic E-state index is 0.197. The van der Waals surface area contributed by atoms with Gasteiger partial charge in [-0.15, -0.1) is 5.10 Å². The van der Waals surface area contributed by atoms with Gasteiger partial charge in [0.1, 0.15) is 33.3 Å². The van der Waals surface area contributed by atoms with E-state index in [9.17, 15) is 22.2 Å². The summed E-state index contributed by atoms with van der Waals surface area (Å²) >= 11 is -1.49. The standard InChI is InChI=1S/C27H35FN6O4S2/c1-8-13-34(40(7,37)38)24-15-21(26(35)29-18(2)20-9-11-22(28)12-10-20)14-23(16-24)33-17-25(30-32-33)19(3)31-39(36)27(4,5)6/h9-12,14-18H,8,13H2,1-7H3,(H,29,35)/t18-,39?/m1/s1. The third-order valence-electron chi connectivity index (χ3n) is 5.87. The molecule has 1 unspecified atom stereocenters. The summed E-state index contributed by atoms with van der Waals surface area (Å²) in [7, 11) is -3.66. The summed E-state index contributed by atoms with van der Waals surface area (Å²) in [6, 6.07) is 10.0. The van der Waals surface area contributed by atoms with E-state index < -0.39 is 38.1 Å². The van der Waals surface area contributed by atoms with E-state index in [0.29, 0.717) is 29.1 Å². The third-order valence-corrected chi connectivity index (χ3v) is 8.55. The minimum atomic E-state index is -3.66. The van der Waals surface area contributed by atoms with Gasteiger partial charge in [-0.2, -0.15) is 0 Å².